The Balaban J connectivity index is 1.91. The highest BCUT2D eigenvalue weighted by atomic mass is 16.8. The van der Waals surface area contributed by atoms with E-state index in [9.17, 15) is 24.0 Å². The zero-order valence-corrected chi connectivity index (χ0v) is 27.8. The Kier molecular flexibility index (Phi) is 13.3. The van der Waals surface area contributed by atoms with Crippen molar-refractivity contribution >= 4 is 29.8 Å². The van der Waals surface area contributed by atoms with Gasteiger partial charge in [-0.25, -0.2) is 0 Å². The molecule has 0 aromatic carbocycles. The van der Waals surface area contributed by atoms with Gasteiger partial charge in [0.2, 0.25) is 5.91 Å². The lowest BCUT2D eigenvalue weighted by molar-refractivity contribution is -0.287. The van der Waals surface area contributed by atoms with Crippen LogP contribution >= 0.6 is 0 Å². The molecule has 46 heavy (non-hydrogen) atoms. The van der Waals surface area contributed by atoms with Crippen LogP contribution in [0.5, 0.6) is 0 Å². The molecule has 0 saturated carbocycles. The summed E-state index contributed by atoms with van der Waals surface area (Å²) in [5, 5.41) is 2.63. The van der Waals surface area contributed by atoms with Gasteiger partial charge >= 0.3 is 23.9 Å². The largest absolute Gasteiger partial charge is 0.463 e. The zero-order valence-electron chi connectivity index (χ0n) is 27.8. The van der Waals surface area contributed by atoms with Gasteiger partial charge < -0.3 is 52.7 Å². The van der Waals surface area contributed by atoms with E-state index >= 15 is 0 Å². The fraction of sp³-hybridized carbons (Fsp3) is 0.833. The summed E-state index contributed by atoms with van der Waals surface area (Å²) in [6.07, 6.45) is -8.58. The molecule has 0 aromatic rings. The van der Waals surface area contributed by atoms with Crippen molar-refractivity contribution in [1.29, 1.82) is 0 Å². The molecule has 3 saturated heterocycles. The van der Waals surface area contributed by atoms with E-state index in [0.29, 0.717) is 12.5 Å². The van der Waals surface area contributed by atoms with Gasteiger partial charge in [-0.1, -0.05) is 13.8 Å². The molecule has 1 amide bonds. The minimum Gasteiger partial charge on any atom is -0.463 e. The van der Waals surface area contributed by atoms with Gasteiger partial charge in [0.15, 0.2) is 36.7 Å². The van der Waals surface area contributed by atoms with E-state index < -0.39 is 104 Å². The predicted molar refractivity (Wildman–Crippen MR) is 153 cm³/mol. The summed E-state index contributed by atoms with van der Waals surface area (Å²) in [7, 11) is 0. The van der Waals surface area contributed by atoms with Crippen molar-refractivity contribution in [2.45, 2.75) is 136 Å². The number of hydrogen-bond acceptors (Lipinski definition) is 15. The summed E-state index contributed by atoms with van der Waals surface area (Å²) in [5.74, 6) is -3.90. The zero-order chi connectivity index (χ0) is 34.3. The Hall–Kier alpha value is -2.89. The molecular formula is C30H47NO15. The second kappa shape index (κ2) is 16.3. The van der Waals surface area contributed by atoms with Crippen LogP contribution < -0.4 is 5.32 Å². The first kappa shape index (κ1) is 37.6. The Morgan fingerprint density at radius 2 is 1.46 bits per heavy atom. The van der Waals surface area contributed by atoms with Crippen LogP contribution in [-0.4, -0.2) is 117 Å². The van der Waals surface area contributed by atoms with Crippen LogP contribution in [0.3, 0.4) is 0 Å². The van der Waals surface area contributed by atoms with E-state index in [2.05, 4.69) is 19.2 Å². The minimum atomic E-state index is -1.38. The average Bonchev–Trinajstić information content (AvgIpc) is 3.38. The summed E-state index contributed by atoms with van der Waals surface area (Å²) in [6, 6.07) is -1.22. The topological polar surface area (TPSA) is 190 Å². The molecule has 0 aliphatic carbocycles. The molecule has 3 rings (SSSR count). The molecule has 3 aliphatic rings. The lowest BCUT2D eigenvalue weighted by Gasteiger charge is -2.45. The Morgan fingerprint density at radius 3 is 2.02 bits per heavy atom. The summed E-state index contributed by atoms with van der Waals surface area (Å²) in [4.78, 5) is 60.4. The van der Waals surface area contributed by atoms with Crippen LogP contribution in [0, 0.1) is 5.92 Å². The first-order chi connectivity index (χ1) is 21.5. The Labute approximate surface area is 268 Å². The van der Waals surface area contributed by atoms with E-state index in [-0.39, 0.29) is 6.61 Å². The molecule has 10 atom stereocenters. The van der Waals surface area contributed by atoms with Crippen LogP contribution in [0.25, 0.3) is 0 Å². The van der Waals surface area contributed by atoms with Crippen molar-refractivity contribution in [2.75, 3.05) is 19.8 Å². The number of esters is 4. The second-order valence-electron chi connectivity index (χ2n) is 12.3. The van der Waals surface area contributed by atoms with E-state index in [1.54, 1.807) is 13.8 Å². The highest BCUT2D eigenvalue weighted by Crippen LogP contribution is 2.40. The quantitative estimate of drug-likeness (QED) is 0.204. The first-order valence-corrected chi connectivity index (χ1v) is 15.3. The van der Waals surface area contributed by atoms with Gasteiger partial charge in [0, 0.05) is 41.2 Å². The van der Waals surface area contributed by atoms with Crippen LogP contribution in [0.1, 0.15) is 68.7 Å². The molecule has 1 N–H and O–H groups in total. The SMILES string of the molecule is CC(=O)N[C@H]1[C@@H](OC[C@@H](OC(C)=O)[C@H]2O[C@H]3OC(C)(C)O[C@@H]3[C@H]2OCCC(C)C)O[C@@H](COC(C)=O)[C@@H](OC(C)=O)[C@H]1OC(C)=O. The van der Waals surface area contributed by atoms with Crippen molar-refractivity contribution in [1.82, 2.24) is 5.32 Å². The van der Waals surface area contributed by atoms with Gasteiger partial charge in [0.1, 0.15) is 37.1 Å². The van der Waals surface area contributed by atoms with E-state index in [4.69, 9.17) is 47.4 Å². The monoisotopic (exact) mass is 661 g/mol. The standard InChI is InChI=1S/C30H47NO15/c1-14(2)10-11-37-26-24(44-29-27(26)45-30(8,9)46-29)20(40-17(5)34)13-39-28-22(31-15(3)32)25(42-19(7)36)23(41-18(6)35)21(43-28)12-38-16(4)33/h14,20-29H,10-13H2,1-9H3,(H,31,32)/t20-,21+,22-,23-,24-,25+,26+,27-,28+,29+/m1/s1. The molecule has 0 aromatic heterocycles. The molecule has 0 bridgehead atoms. The first-order valence-electron chi connectivity index (χ1n) is 15.3. The van der Waals surface area contributed by atoms with E-state index in [1.165, 1.54) is 20.8 Å². The van der Waals surface area contributed by atoms with Crippen LogP contribution in [0.2, 0.25) is 0 Å². The van der Waals surface area contributed by atoms with Crippen molar-refractivity contribution in [3.05, 3.63) is 0 Å². The predicted octanol–water partition coefficient (Wildman–Crippen LogP) is 0.899. The molecule has 3 fully saturated rings. The summed E-state index contributed by atoms with van der Waals surface area (Å²) < 4.78 is 58.3. The maximum atomic E-state index is 12.3. The van der Waals surface area contributed by atoms with Gasteiger partial charge in [-0.2, -0.15) is 0 Å². The lowest BCUT2D eigenvalue weighted by Crippen LogP contribution is -2.67. The molecule has 3 heterocycles. The number of ether oxygens (including phenoxy) is 10. The number of rotatable bonds is 14. The molecule has 16 nitrogen and oxygen atoms in total. The van der Waals surface area contributed by atoms with E-state index in [1.807, 2.05) is 0 Å². The molecule has 0 unspecified atom stereocenters. The molecule has 262 valence electrons. The highest BCUT2D eigenvalue weighted by Gasteiger charge is 2.58. The maximum absolute atomic E-state index is 12.3. The maximum Gasteiger partial charge on any atom is 0.303 e. The number of nitrogens with one attached hydrogen (secondary N) is 1. The van der Waals surface area contributed by atoms with Gasteiger partial charge in [-0.05, 0) is 26.2 Å². The molecule has 0 spiro atoms. The highest BCUT2D eigenvalue weighted by molar-refractivity contribution is 5.73. The van der Waals surface area contributed by atoms with Crippen molar-refractivity contribution in [3.8, 4) is 0 Å². The molecule has 0 radical (unpaired) electrons. The third kappa shape index (κ3) is 10.6. The Bertz CT molecular complexity index is 1100. The minimum absolute atomic E-state index is 0.358. The van der Waals surface area contributed by atoms with Crippen LogP contribution in [0.4, 0.5) is 0 Å². The fourth-order valence-electron chi connectivity index (χ4n) is 5.46. The van der Waals surface area contributed by atoms with Crippen molar-refractivity contribution in [3.63, 3.8) is 0 Å². The van der Waals surface area contributed by atoms with Crippen LogP contribution in [-0.2, 0) is 71.3 Å². The normalized spacial score (nSPS) is 32.3. The number of carbonyl (C=O) groups excluding carboxylic acids is 5. The molecule has 16 heteroatoms. The third-order valence-corrected chi connectivity index (χ3v) is 7.21. The average molecular weight is 662 g/mol. The number of fused-ring (bicyclic) bond motifs is 1. The number of amides is 1. The number of hydrogen-bond donors (Lipinski definition) is 1. The third-order valence-electron chi connectivity index (χ3n) is 7.21. The summed E-state index contributed by atoms with van der Waals surface area (Å²) in [5.41, 5.74) is 0. The van der Waals surface area contributed by atoms with Crippen molar-refractivity contribution < 1.29 is 71.3 Å². The lowest BCUT2D eigenvalue weighted by atomic mass is 9.96. The van der Waals surface area contributed by atoms with Gasteiger partial charge in [-0.15, -0.1) is 0 Å². The summed E-state index contributed by atoms with van der Waals surface area (Å²) >= 11 is 0. The van der Waals surface area contributed by atoms with Gasteiger partial charge in [0.25, 0.3) is 0 Å². The Morgan fingerprint density at radius 1 is 0.804 bits per heavy atom. The number of carbonyl (C=O) groups is 5. The fourth-order valence-corrected chi connectivity index (χ4v) is 5.46. The van der Waals surface area contributed by atoms with Crippen molar-refractivity contribution in [2.24, 2.45) is 5.92 Å². The smallest absolute Gasteiger partial charge is 0.303 e. The molecular weight excluding hydrogens is 614 g/mol. The molecule has 3 aliphatic heterocycles. The van der Waals surface area contributed by atoms with E-state index in [0.717, 1.165) is 20.3 Å². The van der Waals surface area contributed by atoms with Gasteiger partial charge in [-0.3, -0.25) is 24.0 Å². The van der Waals surface area contributed by atoms with Crippen LogP contribution in [0.15, 0.2) is 0 Å². The van der Waals surface area contributed by atoms with Gasteiger partial charge in [0.05, 0.1) is 6.61 Å². The second-order valence-corrected chi connectivity index (χ2v) is 12.3. The summed E-state index contributed by atoms with van der Waals surface area (Å²) in [6.45, 7) is 13.1.